The molecule has 4 rings (SSSR count). The molecule has 2 aromatic heterocycles. The third-order valence-corrected chi connectivity index (χ3v) is 5.45. The molecular weight excluding hydrogens is 336 g/mol. The normalized spacial score (nSPS) is 17.3. The number of fused-ring (bicyclic) bond motifs is 1. The molecule has 1 aromatic carbocycles. The van der Waals surface area contributed by atoms with E-state index in [2.05, 4.69) is 10.1 Å². The van der Waals surface area contributed by atoms with Crippen LogP contribution >= 0.6 is 11.3 Å². The van der Waals surface area contributed by atoms with Crippen LogP contribution in [0.3, 0.4) is 0 Å². The van der Waals surface area contributed by atoms with Gasteiger partial charge in [0.05, 0.1) is 28.6 Å². The lowest BCUT2D eigenvalue weighted by atomic mass is 10.2. The summed E-state index contributed by atoms with van der Waals surface area (Å²) in [6, 6.07) is 9.76. The van der Waals surface area contributed by atoms with Gasteiger partial charge in [-0.1, -0.05) is 23.5 Å². The van der Waals surface area contributed by atoms with Gasteiger partial charge >= 0.3 is 0 Å². The lowest BCUT2D eigenvalue weighted by Crippen LogP contribution is -2.38. The molecule has 130 valence electrons. The zero-order valence-corrected chi connectivity index (χ0v) is 15.1. The fraction of sp³-hybridized carbons (Fsp3) is 0.389. The highest BCUT2D eigenvalue weighted by Gasteiger charge is 2.28. The summed E-state index contributed by atoms with van der Waals surface area (Å²) in [6.45, 7) is 3.17. The van der Waals surface area contributed by atoms with E-state index in [9.17, 15) is 4.79 Å². The van der Waals surface area contributed by atoms with Crippen LogP contribution in [-0.2, 0) is 11.8 Å². The molecule has 1 amide bonds. The summed E-state index contributed by atoms with van der Waals surface area (Å²) in [6.07, 6.45) is 2.07. The van der Waals surface area contributed by atoms with Crippen LogP contribution in [0.25, 0.3) is 10.2 Å². The Morgan fingerprint density at radius 1 is 1.44 bits per heavy atom. The van der Waals surface area contributed by atoms with Crippen molar-refractivity contribution in [1.29, 1.82) is 0 Å². The van der Waals surface area contributed by atoms with Crippen molar-refractivity contribution in [1.82, 2.24) is 14.8 Å². The van der Waals surface area contributed by atoms with Gasteiger partial charge in [-0.25, -0.2) is 4.98 Å². The van der Waals surface area contributed by atoms with Gasteiger partial charge in [-0.05, 0) is 38.0 Å². The lowest BCUT2D eigenvalue weighted by molar-refractivity contribution is 0.0909. The molecule has 7 heteroatoms. The summed E-state index contributed by atoms with van der Waals surface area (Å²) in [5.41, 5.74) is 2.30. The van der Waals surface area contributed by atoms with Crippen molar-refractivity contribution in [2.24, 2.45) is 7.05 Å². The number of hydrogen-bond acceptors (Lipinski definition) is 5. The standard InChI is InChI=1S/C18H20N4O2S/c1-12-10-15(21(2)20-12)17(23)22(11-13-6-5-9-24-13)18-19-14-7-3-4-8-16(14)25-18/h3-4,7-8,10,13H,5-6,9,11H2,1-2H3/t13-/m0/s1. The first-order chi connectivity index (χ1) is 12.1. The third kappa shape index (κ3) is 3.17. The number of ether oxygens (including phenoxy) is 1. The fourth-order valence-corrected chi connectivity index (χ4v) is 4.14. The van der Waals surface area contributed by atoms with Crippen molar-refractivity contribution in [2.75, 3.05) is 18.1 Å². The topological polar surface area (TPSA) is 60.3 Å². The summed E-state index contributed by atoms with van der Waals surface area (Å²) in [5, 5.41) is 5.01. The van der Waals surface area contributed by atoms with Crippen molar-refractivity contribution in [3.63, 3.8) is 0 Å². The number of amides is 1. The Balaban J connectivity index is 1.72. The first-order valence-corrected chi connectivity index (χ1v) is 9.23. The third-order valence-electron chi connectivity index (χ3n) is 4.39. The SMILES string of the molecule is Cc1cc(C(=O)N(C[C@@H]2CCCO2)c2nc3ccccc3s2)n(C)n1. The van der Waals surface area contributed by atoms with Crippen molar-refractivity contribution in [2.45, 2.75) is 25.9 Å². The van der Waals surface area contributed by atoms with Gasteiger partial charge in [-0.15, -0.1) is 0 Å². The molecule has 0 bridgehead atoms. The van der Waals surface area contributed by atoms with Crippen LogP contribution in [0.2, 0.25) is 0 Å². The quantitative estimate of drug-likeness (QED) is 0.720. The summed E-state index contributed by atoms with van der Waals surface area (Å²) in [4.78, 5) is 19.6. The average Bonchev–Trinajstić information content (AvgIpc) is 3.31. The Morgan fingerprint density at radius 3 is 2.96 bits per heavy atom. The highest BCUT2D eigenvalue weighted by atomic mass is 32.1. The van der Waals surface area contributed by atoms with E-state index < -0.39 is 0 Å². The molecule has 1 atom stereocenters. The van der Waals surface area contributed by atoms with Crippen LogP contribution < -0.4 is 4.90 Å². The first-order valence-electron chi connectivity index (χ1n) is 8.41. The van der Waals surface area contributed by atoms with E-state index in [1.165, 1.54) is 11.3 Å². The Hall–Kier alpha value is -2.25. The van der Waals surface area contributed by atoms with Crippen molar-refractivity contribution >= 4 is 32.6 Å². The predicted molar refractivity (Wildman–Crippen MR) is 98.2 cm³/mol. The van der Waals surface area contributed by atoms with Crippen LogP contribution in [0, 0.1) is 6.92 Å². The van der Waals surface area contributed by atoms with Crippen LogP contribution in [0.15, 0.2) is 30.3 Å². The molecule has 0 N–H and O–H groups in total. The van der Waals surface area contributed by atoms with Crippen LogP contribution in [-0.4, -0.2) is 39.9 Å². The number of rotatable bonds is 4. The van der Waals surface area contributed by atoms with E-state index in [-0.39, 0.29) is 12.0 Å². The van der Waals surface area contributed by atoms with E-state index in [0.29, 0.717) is 17.4 Å². The van der Waals surface area contributed by atoms with Crippen molar-refractivity contribution in [3.8, 4) is 0 Å². The number of benzene rings is 1. The van der Waals surface area contributed by atoms with E-state index in [0.717, 1.165) is 35.4 Å². The number of thiazole rings is 1. The number of aryl methyl sites for hydroxylation is 2. The Labute approximate surface area is 150 Å². The second-order valence-corrected chi connectivity index (χ2v) is 7.32. The molecule has 3 aromatic rings. The zero-order valence-electron chi connectivity index (χ0n) is 14.3. The van der Waals surface area contributed by atoms with Gasteiger partial charge in [0.1, 0.15) is 5.69 Å². The maximum absolute atomic E-state index is 13.2. The predicted octanol–water partition coefficient (Wildman–Crippen LogP) is 3.16. The van der Waals surface area contributed by atoms with Crippen molar-refractivity contribution < 1.29 is 9.53 Å². The first kappa shape index (κ1) is 16.2. The fourth-order valence-electron chi connectivity index (χ4n) is 3.16. The van der Waals surface area contributed by atoms with Gasteiger partial charge in [0.25, 0.3) is 5.91 Å². The van der Waals surface area contributed by atoms with Gasteiger partial charge in [-0.2, -0.15) is 5.10 Å². The van der Waals surface area contributed by atoms with Crippen molar-refractivity contribution in [3.05, 3.63) is 41.7 Å². The summed E-state index contributed by atoms with van der Waals surface area (Å²) in [7, 11) is 1.79. The zero-order chi connectivity index (χ0) is 17.4. The summed E-state index contributed by atoms with van der Waals surface area (Å²) >= 11 is 1.53. The number of aromatic nitrogens is 3. The molecule has 3 heterocycles. The van der Waals surface area contributed by atoms with Crippen LogP contribution in [0.5, 0.6) is 0 Å². The average molecular weight is 356 g/mol. The molecule has 1 fully saturated rings. The maximum atomic E-state index is 13.2. The van der Waals surface area contributed by atoms with E-state index in [4.69, 9.17) is 4.74 Å². The highest BCUT2D eigenvalue weighted by Crippen LogP contribution is 2.30. The Bertz CT molecular complexity index is 878. The number of hydrogen-bond donors (Lipinski definition) is 0. The minimum atomic E-state index is -0.0855. The largest absolute Gasteiger partial charge is 0.376 e. The molecular formula is C18H20N4O2S. The molecule has 25 heavy (non-hydrogen) atoms. The summed E-state index contributed by atoms with van der Waals surface area (Å²) in [5.74, 6) is -0.0855. The van der Waals surface area contributed by atoms with E-state index >= 15 is 0 Å². The number of para-hydroxylation sites is 1. The molecule has 6 nitrogen and oxygen atoms in total. The number of nitrogens with zero attached hydrogens (tertiary/aromatic N) is 4. The van der Waals surface area contributed by atoms with Gasteiger partial charge in [-0.3, -0.25) is 14.4 Å². The number of anilines is 1. The van der Waals surface area contributed by atoms with E-state index in [1.54, 1.807) is 16.6 Å². The Kier molecular flexibility index (Phi) is 4.27. The Morgan fingerprint density at radius 2 is 2.28 bits per heavy atom. The summed E-state index contributed by atoms with van der Waals surface area (Å²) < 4.78 is 8.47. The van der Waals surface area contributed by atoms with Crippen LogP contribution in [0.4, 0.5) is 5.13 Å². The minimum Gasteiger partial charge on any atom is -0.376 e. The molecule has 1 aliphatic rings. The van der Waals surface area contributed by atoms with Gasteiger partial charge in [0.15, 0.2) is 5.13 Å². The van der Waals surface area contributed by atoms with Crippen LogP contribution in [0.1, 0.15) is 29.0 Å². The molecule has 0 radical (unpaired) electrons. The molecule has 1 saturated heterocycles. The molecule has 0 saturated carbocycles. The monoisotopic (exact) mass is 356 g/mol. The minimum absolute atomic E-state index is 0.0605. The highest BCUT2D eigenvalue weighted by molar-refractivity contribution is 7.22. The molecule has 0 spiro atoms. The van der Waals surface area contributed by atoms with Gasteiger partial charge < -0.3 is 4.74 Å². The molecule has 0 aliphatic carbocycles. The molecule has 0 unspecified atom stereocenters. The lowest BCUT2D eigenvalue weighted by Gasteiger charge is -2.22. The second kappa shape index (κ2) is 6.57. The van der Waals surface area contributed by atoms with Gasteiger partial charge in [0, 0.05) is 13.7 Å². The smallest absolute Gasteiger partial charge is 0.278 e. The number of carbonyl (C=O) groups excluding carboxylic acids is 1. The van der Waals surface area contributed by atoms with Gasteiger partial charge in [0.2, 0.25) is 0 Å². The maximum Gasteiger partial charge on any atom is 0.278 e. The van der Waals surface area contributed by atoms with E-state index in [1.807, 2.05) is 37.3 Å². The molecule has 1 aliphatic heterocycles. The number of carbonyl (C=O) groups is 1. The second-order valence-electron chi connectivity index (χ2n) is 6.31.